The number of aryl methyl sites for hydroxylation is 1. The van der Waals surface area contributed by atoms with E-state index in [-0.39, 0.29) is 0 Å². The van der Waals surface area contributed by atoms with E-state index in [1.165, 1.54) is 5.56 Å². The Kier molecular flexibility index (Phi) is 2.23. The molecule has 14 heavy (non-hydrogen) atoms. The van der Waals surface area contributed by atoms with Gasteiger partial charge in [0.25, 0.3) is 0 Å². The van der Waals surface area contributed by atoms with E-state index < -0.39 is 5.97 Å². The minimum atomic E-state index is -0.697. The molecule has 0 bridgehead atoms. The van der Waals surface area contributed by atoms with Crippen molar-refractivity contribution in [3.8, 4) is 0 Å². The number of aromatic nitrogens is 1. The van der Waals surface area contributed by atoms with Crippen molar-refractivity contribution in [3.63, 3.8) is 0 Å². The summed E-state index contributed by atoms with van der Waals surface area (Å²) in [5.41, 5.74) is 2.19. The van der Waals surface area contributed by atoms with Crippen LogP contribution in [-0.4, -0.2) is 16.1 Å². The topological polar surface area (TPSA) is 50.2 Å². The molecule has 0 aliphatic heterocycles. The molecule has 1 fully saturated rings. The van der Waals surface area contributed by atoms with Gasteiger partial charge in [-0.25, -0.2) is 0 Å². The Labute approximate surface area is 82.8 Å². The van der Waals surface area contributed by atoms with Crippen LogP contribution in [0.5, 0.6) is 0 Å². The van der Waals surface area contributed by atoms with Crippen molar-refractivity contribution in [2.24, 2.45) is 5.92 Å². The Balaban J connectivity index is 1.99. The van der Waals surface area contributed by atoms with Crippen molar-refractivity contribution >= 4 is 5.97 Å². The number of carboxylic acids is 1. The molecule has 1 heterocycles. The quantitative estimate of drug-likeness (QED) is 0.794. The van der Waals surface area contributed by atoms with Gasteiger partial charge in [-0.15, -0.1) is 0 Å². The van der Waals surface area contributed by atoms with E-state index in [1.54, 1.807) is 0 Å². The lowest BCUT2D eigenvalue weighted by Gasteiger charge is -1.98. The van der Waals surface area contributed by atoms with E-state index in [0.717, 1.165) is 12.1 Å². The van der Waals surface area contributed by atoms with E-state index in [2.05, 4.69) is 11.1 Å². The largest absolute Gasteiger partial charge is 0.481 e. The molecule has 0 unspecified atom stereocenters. The zero-order chi connectivity index (χ0) is 10.1. The maximum absolute atomic E-state index is 10.5. The molecule has 74 valence electrons. The van der Waals surface area contributed by atoms with Crippen LogP contribution in [0, 0.1) is 12.8 Å². The van der Waals surface area contributed by atoms with Gasteiger partial charge in [0.15, 0.2) is 0 Å². The molecule has 1 N–H and O–H groups in total. The second kappa shape index (κ2) is 3.40. The molecule has 1 aromatic heterocycles. The lowest BCUT2D eigenvalue weighted by molar-refractivity contribution is -0.137. The van der Waals surface area contributed by atoms with Crippen molar-refractivity contribution in [1.29, 1.82) is 0 Å². The Morgan fingerprint density at radius 2 is 2.43 bits per heavy atom. The molecule has 0 amide bonds. The van der Waals surface area contributed by atoms with Crippen molar-refractivity contribution < 1.29 is 9.90 Å². The Morgan fingerprint density at radius 3 is 3.00 bits per heavy atom. The first kappa shape index (κ1) is 9.19. The van der Waals surface area contributed by atoms with Crippen molar-refractivity contribution in [2.75, 3.05) is 0 Å². The molecule has 1 saturated carbocycles. The highest BCUT2D eigenvalue weighted by molar-refractivity contribution is 5.67. The molecular weight excluding hydrogens is 178 g/mol. The number of rotatable bonds is 3. The molecule has 0 saturated heterocycles. The van der Waals surface area contributed by atoms with Gasteiger partial charge >= 0.3 is 5.97 Å². The fourth-order valence-electron chi connectivity index (χ4n) is 1.80. The van der Waals surface area contributed by atoms with Crippen LogP contribution >= 0.6 is 0 Å². The van der Waals surface area contributed by atoms with E-state index in [0.29, 0.717) is 18.3 Å². The molecule has 2 rings (SSSR count). The summed E-state index contributed by atoms with van der Waals surface area (Å²) in [6.45, 7) is 1.95. The van der Waals surface area contributed by atoms with Crippen LogP contribution < -0.4 is 0 Å². The fourth-order valence-corrected chi connectivity index (χ4v) is 1.80. The minimum Gasteiger partial charge on any atom is -0.481 e. The van der Waals surface area contributed by atoms with Gasteiger partial charge in [-0.2, -0.15) is 0 Å². The summed E-state index contributed by atoms with van der Waals surface area (Å²) in [6, 6.07) is 4.03. The van der Waals surface area contributed by atoms with Crippen molar-refractivity contribution in [2.45, 2.75) is 25.7 Å². The highest BCUT2D eigenvalue weighted by Gasteiger charge is 2.39. The van der Waals surface area contributed by atoms with Gasteiger partial charge in [-0.3, -0.25) is 9.78 Å². The highest BCUT2D eigenvalue weighted by atomic mass is 16.4. The van der Waals surface area contributed by atoms with Gasteiger partial charge in [-0.1, -0.05) is 6.07 Å². The molecule has 0 radical (unpaired) electrons. The molecule has 3 heteroatoms. The van der Waals surface area contributed by atoms with E-state index in [1.807, 2.05) is 19.2 Å². The SMILES string of the molecule is Cc1ccc([C@@H]2C[C@H]2CC(=O)O)cn1. The van der Waals surface area contributed by atoms with E-state index >= 15 is 0 Å². The molecule has 0 spiro atoms. The zero-order valence-corrected chi connectivity index (χ0v) is 8.10. The average molecular weight is 191 g/mol. The molecular formula is C11H13NO2. The van der Waals surface area contributed by atoms with E-state index in [9.17, 15) is 4.79 Å². The normalized spacial score (nSPS) is 24.6. The molecule has 2 atom stereocenters. The molecule has 0 aromatic carbocycles. The number of hydrogen-bond donors (Lipinski definition) is 1. The highest BCUT2D eigenvalue weighted by Crippen LogP contribution is 2.49. The van der Waals surface area contributed by atoms with Crippen LogP contribution in [0.4, 0.5) is 0 Å². The second-order valence-electron chi connectivity index (χ2n) is 3.93. The van der Waals surface area contributed by atoms with Crippen molar-refractivity contribution in [3.05, 3.63) is 29.6 Å². The monoisotopic (exact) mass is 191 g/mol. The van der Waals surface area contributed by atoms with Crippen LogP contribution in [0.15, 0.2) is 18.3 Å². The predicted molar refractivity (Wildman–Crippen MR) is 52.1 cm³/mol. The predicted octanol–water partition coefficient (Wildman–Crippen LogP) is 1.97. The fraction of sp³-hybridized carbons (Fsp3) is 0.455. The summed E-state index contributed by atoms with van der Waals surface area (Å²) in [5.74, 6) is 0.0637. The summed E-state index contributed by atoms with van der Waals surface area (Å²) in [5, 5.41) is 8.62. The third-order valence-electron chi connectivity index (χ3n) is 2.72. The first-order chi connectivity index (χ1) is 6.66. The third-order valence-corrected chi connectivity index (χ3v) is 2.72. The lowest BCUT2D eigenvalue weighted by atomic mass is 10.1. The molecule has 1 aromatic rings. The van der Waals surface area contributed by atoms with Gasteiger partial charge in [0.2, 0.25) is 0 Å². The summed E-state index contributed by atoms with van der Waals surface area (Å²) >= 11 is 0. The maximum Gasteiger partial charge on any atom is 0.303 e. The number of hydrogen-bond acceptors (Lipinski definition) is 2. The van der Waals surface area contributed by atoms with Gasteiger partial charge in [0.1, 0.15) is 0 Å². The average Bonchev–Trinajstić information content (AvgIpc) is 2.84. The molecule has 3 nitrogen and oxygen atoms in total. The van der Waals surface area contributed by atoms with Gasteiger partial charge < -0.3 is 5.11 Å². The van der Waals surface area contributed by atoms with Gasteiger partial charge in [0.05, 0.1) is 0 Å². The van der Waals surface area contributed by atoms with Crippen molar-refractivity contribution in [1.82, 2.24) is 4.98 Å². The number of aliphatic carboxylic acids is 1. The number of pyridine rings is 1. The summed E-state index contributed by atoms with van der Waals surface area (Å²) < 4.78 is 0. The summed E-state index contributed by atoms with van der Waals surface area (Å²) in [4.78, 5) is 14.7. The van der Waals surface area contributed by atoms with Crippen LogP contribution in [-0.2, 0) is 4.79 Å². The van der Waals surface area contributed by atoms with Crippen LogP contribution in [0.1, 0.15) is 30.0 Å². The summed E-state index contributed by atoms with van der Waals surface area (Å²) in [7, 11) is 0. The first-order valence-corrected chi connectivity index (χ1v) is 4.81. The van der Waals surface area contributed by atoms with E-state index in [4.69, 9.17) is 5.11 Å². The standard InChI is InChI=1S/C11H13NO2/c1-7-2-3-8(6-12-7)10-4-9(10)5-11(13)14/h2-3,6,9-10H,4-5H2,1H3,(H,13,14)/t9-,10-/m0/s1. The van der Waals surface area contributed by atoms with Gasteiger partial charge in [0, 0.05) is 18.3 Å². The maximum atomic E-state index is 10.5. The number of carbonyl (C=O) groups is 1. The Morgan fingerprint density at radius 1 is 1.64 bits per heavy atom. The lowest BCUT2D eigenvalue weighted by Crippen LogP contribution is -1.96. The number of carboxylic acid groups (broad SMARTS) is 1. The zero-order valence-electron chi connectivity index (χ0n) is 8.10. The summed E-state index contributed by atoms with van der Waals surface area (Å²) in [6.07, 6.45) is 3.15. The second-order valence-corrected chi connectivity index (χ2v) is 3.93. The first-order valence-electron chi connectivity index (χ1n) is 4.81. The van der Waals surface area contributed by atoms with Crippen LogP contribution in [0.25, 0.3) is 0 Å². The minimum absolute atomic E-state index is 0.290. The number of nitrogens with zero attached hydrogens (tertiary/aromatic N) is 1. The van der Waals surface area contributed by atoms with Gasteiger partial charge in [-0.05, 0) is 36.8 Å². The Hall–Kier alpha value is -1.38. The smallest absolute Gasteiger partial charge is 0.303 e. The Bertz CT molecular complexity index is 345. The van der Waals surface area contributed by atoms with Crippen LogP contribution in [0.2, 0.25) is 0 Å². The van der Waals surface area contributed by atoms with Crippen LogP contribution in [0.3, 0.4) is 0 Å². The molecule has 1 aliphatic carbocycles. The third kappa shape index (κ3) is 1.92. The molecule has 1 aliphatic rings.